The number of hydrogen-bond donors (Lipinski definition) is 1. The van der Waals surface area contributed by atoms with Crippen LogP contribution in [0.2, 0.25) is 0 Å². The minimum absolute atomic E-state index is 0.134. The Bertz CT molecular complexity index is 474. The maximum Gasteiger partial charge on any atom is 0.311 e. The number of nitrogens with zero attached hydrogens (tertiary/aromatic N) is 2. The summed E-state index contributed by atoms with van der Waals surface area (Å²) in [4.78, 5) is 24.0. The Labute approximate surface area is 111 Å². The average molecular weight is 267 g/mol. The fourth-order valence-corrected chi connectivity index (χ4v) is 1.47. The molecule has 1 N–H and O–H groups in total. The van der Waals surface area contributed by atoms with Crippen molar-refractivity contribution in [3.63, 3.8) is 0 Å². The maximum atomic E-state index is 11.8. The number of benzene rings is 1. The lowest BCUT2D eigenvalue weighted by molar-refractivity contribution is -0.385. The van der Waals surface area contributed by atoms with Crippen molar-refractivity contribution in [3.05, 3.63) is 33.9 Å². The van der Waals surface area contributed by atoms with Gasteiger partial charge in [0.1, 0.15) is 0 Å². The number of carbonyl (C=O) groups excluding carboxylic acids is 1. The summed E-state index contributed by atoms with van der Waals surface area (Å²) in [7, 11) is 5.13. The quantitative estimate of drug-likeness (QED) is 0.611. The zero-order chi connectivity index (χ0) is 14.4. The van der Waals surface area contributed by atoms with Crippen LogP contribution in [-0.2, 0) is 0 Å². The van der Waals surface area contributed by atoms with Crippen LogP contribution in [0.3, 0.4) is 0 Å². The fourth-order valence-electron chi connectivity index (χ4n) is 1.47. The van der Waals surface area contributed by atoms with Crippen molar-refractivity contribution in [1.29, 1.82) is 0 Å². The van der Waals surface area contributed by atoms with E-state index in [0.29, 0.717) is 13.1 Å². The molecule has 0 aromatic heterocycles. The Kier molecular flexibility index (Phi) is 5.25. The minimum atomic E-state index is -0.574. The third-order valence-electron chi connectivity index (χ3n) is 2.48. The van der Waals surface area contributed by atoms with Crippen LogP contribution in [0, 0.1) is 10.1 Å². The predicted octanol–water partition coefficient (Wildman–Crippen LogP) is 0.895. The van der Waals surface area contributed by atoms with Gasteiger partial charge < -0.3 is 15.0 Å². The van der Waals surface area contributed by atoms with Crippen molar-refractivity contribution in [2.75, 3.05) is 34.3 Å². The first kappa shape index (κ1) is 14.9. The molecule has 1 amide bonds. The number of nitro benzene ring substituents is 1. The molecule has 7 nitrogen and oxygen atoms in total. The summed E-state index contributed by atoms with van der Waals surface area (Å²) in [6.45, 7) is 1.18. The molecule has 0 saturated carbocycles. The number of nitrogens with one attached hydrogen (secondary N) is 1. The molecule has 0 heterocycles. The molecule has 0 radical (unpaired) electrons. The van der Waals surface area contributed by atoms with Crippen LogP contribution in [0.25, 0.3) is 0 Å². The second kappa shape index (κ2) is 6.69. The van der Waals surface area contributed by atoms with E-state index in [0.717, 1.165) is 0 Å². The van der Waals surface area contributed by atoms with E-state index in [-0.39, 0.29) is 22.9 Å². The van der Waals surface area contributed by atoms with Crippen molar-refractivity contribution < 1.29 is 14.5 Å². The molecule has 1 aromatic carbocycles. The Morgan fingerprint density at radius 3 is 2.68 bits per heavy atom. The molecular formula is C12H17N3O4. The predicted molar refractivity (Wildman–Crippen MR) is 70.5 cm³/mol. The highest BCUT2D eigenvalue weighted by molar-refractivity contribution is 5.95. The van der Waals surface area contributed by atoms with Crippen molar-refractivity contribution in [1.82, 2.24) is 10.2 Å². The molecule has 0 unspecified atom stereocenters. The van der Waals surface area contributed by atoms with Gasteiger partial charge in [-0.15, -0.1) is 0 Å². The van der Waals surface area contributed by atoms with E-state index in [9.17, 15) is 14.9 Å². The van der Waals surface area contributed by atoms with Gasteiger partial charge in [0.25, 0.3) is 5.91 Å². The third-order valence-corrected chi connectivity index (χ3v) is 2.48. The van der Waals surface area contributed by atoms with Crippen LogP contribution in [0.5, 0.6) is 5.75 Å². The lowest BCUT2D eigenvalue weighted by Gasteiger charge is -2.10. The molecule has 0 bridgehead atoms. The SMILES string of the molecule is COc1ccc(C(=O)NCCN(C)C)cc1[N+](=O)[O-]. The number of likely N-dealkylation sites (N-methyl/N-ethyl adjacent to an activating group) is 1. The molecule has 0 fully saturated rings. The van der Waals surface area contributed by atoms with Crippen molar-refractivity contribution in [2.24, 2.45) is 0 Å². The Hall–Kier alpha value is -2.15. The number of hydrogen-bond acceptors (Lipinski definition) is 5. The normalized spacial score (nSPS) is 10.3. The number of carbonyl (C=O) groups is 1. The molecule has 1 aromatic rings. The molecule has 0 aliphatic rings. The lowest BCUT2D eigenvalue weighted by atomic mass is 10.1. The summed E-state index contributed by atoms with van der Waals surface area (Å²) in [6.07, 6.45) is 0. The summed E-state index contributed by atoms with van der Waals surface area (Å²) in [6, 6.07) is 4.12. The van der Waals surface area contributed by atoms with Gasteiger partial charge in [0.2, 0.25) is 0 Å². The standard InChI is InChI=1S/C12H17N3O4/c1-14(2)7-6-13-12(16)9-4-5-11(19-3)10(8-9)15(17)18/h4-5,8H,6-7H2,1-3H3,(H,13,16). The summed E-state index contributed by atoms with van der Waals surface area (Å²) in [5, 5.41) is 13.5. The van der Waals surface area contributed by atoms with Crippen LogP contribution in [0.15, 0.2) is 18.2 Å². The zero-order valence-electron chi connectivity index (χ0n) is 11.2. The Morgan fingerprint density at radius 2 is 2.16 bits per heavy atom. The number of methoxy groups -OCH3 is 1. The Balaban J connectivity index is 2.81. The van der Waals surface area contributed by atoms with Crippen LogP contribution >= 0.6 is 0 Å². The van der Waals surface area contributed by atoms with Crippen LogP contribution in [0.4, 0.5) is 5.69 Å². The van der Waals surface area contributed by atoms with E-state index >= 15 is 0 Å². The first-order valence-corrected chi connectivity index (χ1v) is 5.71. The van der Waals surface area contributed by atoms with Gasteiger partial charge in [0.15, 0.2) is 5.75 Å². The topological polar surface area (TPSA) is 84.7 Å². The summed E-state index contributed by atoms with van der Waals surface area (Å²) in [5.41, 5.74) is 0.0222. The van der Waals surface area contributed by atoms with E-state index in [2.05, 4.69) is 5.32 Å². The number of amides is 1. The van der Waals surface area contributed by atoms with Crippen molar-refractivity contribution in [2.45, 2.75) is 0 Å². The molecule has 0 aliphatic carbocycles. The maximum absolute atomic E-state index is 11.8. The van der Waals surface area contributed by atoms with Crippen molar-refractivity contribution in [3.8, 4) is 5.75 Å². The van der Waals surface area contributed by atoms with Gasteiger partial charge in [0, 0.05) is 24.7 Å². The van der Waals surface area contributed by atoms with Gasteiger partial charge in [-0.3, -0.25) is 14.9 Å². The van der Waals surface area contributed by atoms with E-state index in [1.807, 2.05) is 19.0 Å². The lowest BCUT2D eigenvalue weighted by Crippen LogP contribution is -2.31. The van der Waals surface area contributed by atoms with Crippen LogP contribution in [-0.4, -0.2) is 50.0 Å². The van der Waals surface area contributed by atoms with Crippen LogP contribution < -0.4 is 10.1 Å². The van der Waals surface area contributed by atoms with E-state index in [1.54, 1.807) is 0 Å². The zero-order valence-corrected chi connectivity index (χ0v) is 11.2. The molecular weight excluding hydrogens is 250 g/mol. The highest BCUT2D eigenvalue weighted by atomic mass is 16.6. The molecule has 19 heavy (non-hydrogen) atoms. The second-order valence-electron chi connectivity index (χ2n) is 4.20. The van der Waals surface area contributed by atoms with Gasteiger partial charge in [-0.05, 0) is 26.2 Å². The van der Waals surface area contributed by atoms with Crippen LogP contribution in [0.1, 0.15) is 10.4 Å². The number of rotatable bonds is 6. The first-order valence-electron chi connectivity index (χ1n) is 5.71. The summed E-state index contributed by atoms with van der Waals surface area (Å²) < 4.78 is 4.87. The van der Waals surface area contributed by atoms with Crippen molar-refractivity contribution >= 4 is 11.6 Å². The summed E-state index contributed by atoms with van der Waals surface area (Å²) >= 11 is 0. The molecule has 0 atom stereocenters. The monoisotopic (exact) mass is 267 g/mol. The van der Waals surface area contributed by atoms with Gasteiger partial charge in [-0.25, -0.2) is 0 Å². The molecule has 0 saturated heterocycles. The minimum Gasteiger partial charge on any atom is -0.490 e. The first-order chi connectivity index (χ1) is 8.95. The number of ether oxygens (including phenoxy) is 1. The summed E-state index contributed by atoms with van der Waals surface area (Å²) in [5.74, 6) is -0.206. The number of nitro groups is 1. The van der Waals surface area contributed by atoms with Gasteiger partial charge >= 0.3 is 5.69 Å². The highest BCUT2D eigenvalue weighted by Gasteiger charge is 2.17. The second-order valence-corrected chi connectivity index (χ2v) is 4.20. The smallest absolute Gasteiger partial charge is 0.311 e. The van der Waals surface area contributed by atoms with E-state index in [1.165, 1.54) is 25.3 Å². The molecule has 7 heteroatoms. The van der Waals surface area contributed by atoms with Gasteiger partial charge in [-0.1, -0.05) is 0 Å². The average Bonchev–Trinajstić information content (AvgIpc) is 2.37. The fraction of sp³-hybridized carbons (Fsp3) is 0.417. The third kappa shape index (κ3) is 4.22. The van der Waals surface area contributed by atoms with Gasteiger partial charge in [-0.2, -0.15) is 0 Å². The Morgan fingerprint density at radius 1 is 1.47 bits per heavy atom. The van der Waals surface area contributed by atoms with E-state index < -0.39 is 4.92 Å². The van der Waals surface area contributed by atoms with E-state index in [4.69, 9.17) is 4.74 Å². The molecule has 104 valence electrons. The molecule has 0 spiro atoms. The van der Waals surface area contributed by atoms with Gasteiger partial charge in [0.05, 0.1) is 12.0 Å². The molecule has 0 aliphatic heterocycles. The highest BCUT2D eigenvalue weighted by Crippen LogP contribution is 2.27. The molecule has 1 rings (SSSR count). The largest absolute Gasteiger partial charge is 0.490 e.